The van der Waals surface area contributed by atoms with Crippen LogP contribution in [0.5, 0.6) is 0 Å². The van der Waals surface area contributed by atoms with Crippen molar-refractivity contribution in [1.82, 2.24) is 15.2 Å². The molecule has 0 amide bonds. The Hall–Kier alpha value is -2.06. The monoisotopic (exact) mass is 265 g/mol. The van der Waals surface area contributed by atoms with Gasteiger partial charge in [-0.2, -0.15) is 5.10 Å². The fourth-order valence-electron chi connectivity index (χ4n) is 1.24. The van der Waals surface area contributed by atoms with Crippen molar-refractivity contribution in [2.75, 3.05) is 4.72 Å². The number of rotatable bonds is 4. The zero-order valence-electron chi connectivity index (χ0n) is 9.31. The third-order valence-corrected chi connectivity index (χ3v) is 3.47. The van der Waals surface area contributed by atoms with Crippen LogP contribution in [0.15, 0.2) is 41.6 Å². The summed E-state index contributed by atoms with van der Waals surface area (Å²) in [4.78, 5) is 3.97. The lowest BCUT2D eigenvalue weighted by Crippen LogP contribution is -2.14. The molecule has 2 heterocycles. The Balaban J connectivity index is 2.25. The molecule has 18 heavy (non-hydrogen) atoms. The van der Waals surface area contributed by atoms with Crippen LogP contribution >= 0.6 is 0 Å². The highest BCUT2D eigenvalue weighted by molar-refractivity contribution is 7.92. The molecule has 3 N–H and O–H groups in total. The first-order chi connectivity index (χ1) is 8.62. The summed E-state index contributed by atoms with van der Waals surface area (Å²) in [6, 6.07) is 6.09. The molecular weight excluding hydrogens is 254 g/mol. The van der Waals surface area contributed by atoms with E-state index in [1.807, 2.05) is 0 Å². The van der Waals surface area contributed by atoms with Gasteiger partial charge < -0.3 is 5.73 Å². The molecule has 2 aromatic rings. The summed E-state index contributed by atoms with van der Waals surface area (Å²) < 4.78 is 26.2. The molecule has 94 valence electrons. The normalized spacial score (nSPS) is 11.2. The number of hydrogen-bond acceptors (Lipinski definition) is 6. The standard InChI is InChI=1S/C10H11N5O2S/c11-6-8-3-4-9(7-12-8)18(16,17)15-10-2-1-5-13-14-10/h1-5,7H,6,11H2,(H,14,15). The zero-order chi connectivity index (χ0) is 13.0. The highest BCUT2D eigenvalue weighted by Crippen LogP contribution is 2.12. The van der Waals surface area contributed by atoms with Crippen molar-refractivity contribution in [1.29, 1.82) is 0 Å². The quantitative estimate of drug-likeness (QED) is 0.813. The van der Waals surface area contributed by atoms with Gasteiger partial charge in [0, 0.05) is 18.9 Å². The molecule has 7 nitrogen and oxygen atoms in total. The summed E-state index contributed by atoms with van der Waals surface area (Å²) in [6.07, 6.45) is 2.70. The van der Waals surface area contributed by atoms with E-state index in [0.29, 0.717) is 5.69 Å². The molecule has 0 atom stereocenters. The number of nitrogens with one attached hydrogen (secondary N) is 1. The van der Waals surface area contributed by atoms with E-state index in [4.69, 9.17) is 5.73 Å². The molecule has 0 spiro atoms. The van der Waals surface area contributed by atoms with Gasteiger partial charge in [-0.3, -0.25) is 9.71 Å². The number of nitrogens with zero attached hydrogens (tertiary/aromatic N) is 3. The van der Waals surface area contributed by atoms with Gasteiger partial charge in [-0.15, -0.1) is 5.10 Å². The Morgan fingerprint density at radius 3 is 2.67 bits per heavy atom. The Labute approximate surface area is 104 Å². The lowest BCUT2D eigenvalue weighted by Gasteiger charge is -2.06. The van der Waals surface area contributed by atoms with Crippen LogP contribution in [0.1, 0.15) is 5.69 Å². The van der Waals surface area contributed by atoms with E-state index in [2.05, 4.69) is 19.9 Å². The first-order valence-corrected chi connectivity index (χ1v) is 6.55. The van der Waals surface area contributed by atoms with Crippen LogP contribution < -0.4 is 10.5 Å². The van der Waals surface area contributed by atoms with Gasteiger partial charge in [-0.25, -0.2) is 8.42 Å². The molecule has 0 saturated carbocycles. The van der Waals surface area contributed by atoms with Gasteiger partial charge in [0.15, 0.2) is 5.82 Å². The van der Waals surface area contributed by atoms with Crippen LogP contribution in [0.2, 0.25) is 0 Å². The largest absolute Gasteiger partial charge is 0.325 e. The van der Waals surface area contributed by atoms with Gasteiger partial charge in [0.2, 0.25) is 0 Å². The van der Waals surface area contributed by atoms with E-state index in [-0.39, 0.29) is 17.3 Å². The lowest BCUT2D eigenvalue weighted by molar-refractivity contribution is 0.600. The third kappa shape index (κ3) is 2.79. The van der Waals surface area contributed by atoms with E-state index in [1.165, 1.54) is 24.5 Å². The van der Waals surface area contributed by atoms with Crippen LogP contribution in [0.25, 0.3) is 0 Å². The first-order valence-electron chi connectivity index (χ1n) is 5.07. The Bertz CT molecular complexity index is 612. The summed E-state index contributed by atoms with van der Waals surface area (Å²) in [7, 11) is -3.69. The molecule has 0 bridgehead atoms. The Morgan fingerprint density at radius 1 is 1.28 bits per heavy atom. The van der Waals surface area contributed by atoms with Crippen LogP contribution in [0.4, 0.5) is 5.82 Å². The molecule has 0 aromatic carbocycles. The van der Waals surface area contributed by atoms with Crippen LogP contribution in [-0.4, -0.2) is 23.6 Å². The number of anilines is 1. The number of nitrogens with two attached hydrogens (primary N) is 1. The van der Waals surface area contributed by atoms with Crippen molar-refractivity contribution in [2.45, 2.75) is 11.4 Å². The zero-order valence-corrected chi connectivity index (χ0v) is 10.1. The maximum Gasteiger partial charge on any atom is 0.264 e. The molecule has 0 aliphatic heterocycles. The second-order valence-electron chi connectivity index (χ2n) is 3.40. The molecule has 0 unspecified atom stereocenters. The van der Waals surface area contributed by atoms with Gasteiger partial charge in [0.1, 0.15) is 4.90 Å². The predicted molar refractivity (Wildman–Crippen MR) is 65.0 cm³/mol. The molecule has 2 aromatic heterocycles. The molecule has 0 saturated heterocycles. The summed E-state index contributed by atoms with van der Waals surface area (Å²) in [6.45, 7) is 0.262. The van der Waals surface area contributed by atoms with Crippen LogP contribution in [0, 0.1) is 0 Å². The molecule has 0 fully saturated rings. The minimum Gasteiger partial charge on any atom is -0.325 e. The molecule has 2 rings (SSSR count). The SMILES string of the molecule is NCc1ccc(S(=O)(=O)Nc2cccnn2)cn1. The van der Waals surface area contributed by atoms with Crippen molar-refractivity contribution in [3.8, 4) is 0 Å². The number of hydrogen-bond donors (Lipinski definition) is 2. The second-order valence-corrected chi connectivity index (χ2v) is 5.09. The molecule has 8 heteroatoms. The topological polar surface area (TPSA) is 111 Å². The summed E-state index contributed by atoms with van der Waals surface area (Å²) in [5.74, 6) is 0.153. The maximum atomic E-state index is 12.0. The van der Waals surface area contributed by atoms with Crippen LogP contribution in [0.3, 0.4) is 0 Å². The van der Waals surface area contributed by atoms with Gasteiger partial charge in [-0.05, 0) is 24.3 Å². The van der Waals surface area contributed by atoms with E-state index >= 15 is 0 Å². The smallest absolute Gasteiger partial charge is 0.264 e. The molecular formula is C10H11N5O2S. The molecule has 0 aliphatic carbocycles. The average molecular weight is 265 g/mol. The van der Waals surface area contributed by atoms with Crippen LogP contribution in [-0.2, 0) is 16.6 Å². The van der Waals surface area contributed by atoms with Gasteiger partial charge in [-0.1, -0.05) is 0 Å². The minimum atomic E-state index is -3.69. The third-order valence-electron chi connectivity index (χ3n) is 2.13. The number of pyridine rings is 1. The van der Waals surface area contributed by atoms with Crippen molar-refractivity contribution in [3.63, 3.8) is 0 Å². The summed E-state index contributed by atoms with van der Waals surface area (Å²) in [5.41, 5.74) is 6.01. The fraction of sp³-hybridized carbons (Fsp3) is 0.100. The van der Waals surface area contributed by atoms with Gasteiger partial charge >= 0.3 is 0 Å². The van der Waals surface area contributed by atoms with Gasteiger partial charge in [0.25, 0.3) is 10.0 Å². The highest BCUT2D eigenvalue weighted by atomic mass is 32.2. The van der Waals surface area contributed by atoms with E-state index in [1.54, 1.807) is 12.1 Å². The summed E-state index contributed by atoms with van der Waals surface area (Å²) >= 11 is 0. The maximum absolute atomic E-state index is 12.0. The minimum absolute atomic E-state index is 0.0466. The van der Waals surface area contributed by atoms with E-state index < -0.39 is 10.0 Å². The van der Waals surface area contributed by atoms with Crippen molar-refractivity contribution in [3.05, 3.63) is 42.4 Å². The lowest BCUT2D eigenvalue weighted by atomic mass is 10.4. The Kier molecular flexibility index (Phi) is 3.49. The predicted octanol–water partition coefficient (Wildman–Crippen LogP) is 0.131. The number of sulfonamides is 1. The average Bonchev–Trinajstić information content (AvgIpc) is 2.39. The first kappa shape index (κ1) is 12.4. The van der Waals surface area contributed by atoms with E-state index in [9.17, 15) is 8.42 Å². The molecule has 0 radical (unpaired) electrons. The van der Waals surface area contributed by atoms with Crippen molar-refractivity contribution < 1.29 is 8.42 Å². The van der Waals surface area contributed by atoms with E-state index in [0.717, 1.165) is 0 Å². The number of aromatic nitrogens is 3. The van der Waals surface area contributed by atoms with Gasteiger partial charge in [0.05, 0.1) is 5.69 Å². The summed E-state index contributed by atoms with van der Waals surface area (Å²) in [5, 5.41) is 7.22. The highest BCUT2D eigenvalue weighted by Gasteiger charge is 2.15. The molecule has 0 aliphatic rings. The second kappa shape index (κ2) is 5.07. The fourth-order valence-corrected chi connectivity index (χ4v) is 2.18. The van der Waals surface area contributed by atoms with Crippen molar-refractivity contribution >= 4 is 15.8 Å². The Morgan fingerprint density at radius 2 is 2.11 bits per heavy atom. The van der Waals surface area contributed by atoms with Crippen molar-refractivity contribution in [2.24, 2.45) is 5.73 Å².